The minimum Gasteiger partial charge on any atom is -0.394 e. The number of carbonyl (C=O) groups is 1. The molecule has 1 atom stereocenters. The maximum Gasteiger partial charge on any atom is 0.163 e. The number of aliphatic hydroxyl groups excluding tert-OH is 1. The van der Waals surface area contributed by atoms with Crippen LogP contribution in [-0.2, 0) is 0 Å². The van der Waals surface area contributed by atoms with Crippen LogP contribution in [0, 0.1) is 23.3 Å². The zero-order valence-electron chi connectivity index (χ0n) is 20.0. The lowest BCUT2D eigenvalue weighted by atomic mass is 10.0. The maximum absolute atomic E-state index is 13.2. The lowest BCUT2D eigenvalue weighted by Gasteiger charge is -2.12. The summed E-state index contributed by atoms with van der Waals surface area (Å²) in [4.78, 5) is 11.6. The Morgan fingerprint density at radius 3 is 1.68 bits per heavy atom. The van der Waals surface area contributed by atoms with Gasteiger partial charge in [-0.05, 0) is 42.7 Å². The number of nitrogens with two attached hydrogens (primary N) is 2. The molecule has 0 radical (unpaired) electrons. The van der Waals surface area contributed by atoms with Crippen LogP contribution in [-0.4, -0.2) is 10.9 Å². The van der Waals surface area contributed by atoms with Crippen LogP contribution in [0.2, 0.25) is 0 Å². The van der Waals surface area contributed by atoms with Crippen LogP contribution in [0.4, 0.5) is 28.9 Å². The molecule has 0 saturated heterocycles. The highest BCUT2D eigenvalue weighted by atomic mass is 19.1. The highest BCUT2D eigenvalue weighted by molar-refractivity contribution is 5.96. The van der Waals surface area contributed by atoms with Crippen molar-refractivity contribution in [1.29, 1.82) is 0 Å². The van der Waals surface area contributed by atoms with E-state index in [9.17, 15) is 27.5 Å². The first-order valence-electron chi connectivity index (χ1n) is 11.8. The first kappa shape index (κ1) is 29.4. The van der Waals surface area contributed by atoms with Crippen molar-refractivity contribution in [3.8, 4) is 0 Å². The second kappa shape index (κ2) is 15.3. The fraction of sp³-hybridized carbons (Fsp3) is 0.500. The van der Waals surface area contributed by atoms with Gasteiger partial charge in [0, 0.05) is 12.0 Å². The van der Waals surface area contributed by atoms with Gasteiger partial charge in [-0.15, -0.1) is 0 Å². The Bertz CT molecular complexity index is 876. The number of benzene rings is 2. The SMILES string of the molecule is CCCCCCC(=O)c1cc(F)c(N)c(F)c1.CCCCCCC(O)c1cc(F)c(N)c(F)c1. The fourth-order valence-electron chi connectivity index (χ4n) is 3.33. The van der Waals surface area contributed by atoms with E-state index < -0.39 is 40.7 Å². The molecule has 0 heterocycles. The van der Waals surface area contributed by atoms with Gasteiger partial charge in [-0.1, -0.05) is 58.8 Å². The Labute approximate surface area is 199 Å². The maximum atomic E-state index is 13.2. The van der Waals surface area contributed by atoms with Crippen LogP contribution in [0.15, 0.2) is 24.3 Å². The minimum absolute atomic E-state index is 0.0608. The van der Waals surface area contributed by atoms with E-state index in [0.29, 0.717) is 12.8 Å². The van der Waals surface area contributed by atoms with Gasteiger partial charge < -0.3 is 16.6 Å². The van der Waals surface area contributed by atoms with Crippen molar-refractivity contribution in [3.05, 3.63) is 58.7 Å². The quantitative estimate of drug-likeness (QED) is 0.128. The number of Topliss-reactive ketones (excluding diaryl/α,β-unsaturated/α-hetero) is 1. The third-order valence-corrected chi connectivity index (χ3v) is 5.48. The van der Waals surface area contributed by atoms with Crippen molar-refractivity contribution in [2.45, 2.75) is 84.2 Å². The fourth-order valence-corrected chi connectivity index (χ4v) is 3.33. The van der Waals surface area contributed by atoms with Crippen LogP contribution in [0.5, 0.6) is 0 Å². The molecule has 0 aliphatic rings. The summed E-state index contributed by atoms with van der Waals surface area (Å²) in [6.07, 6.45) is 7.97. The molecular weight excluding hydrogens is 448 g/mol. The average Bonchev–Trinajstić information content (AvgIpc) is 2.81. The van der Waals surface area contributed by atoms with E-state index in [2.05, 4.69) is 13.8 Å². The molecule has 0 fully saturated rings. The van der Waals surface area contributed by atoms with Crippen molar-refractivity contribution in [2.24, 2.45) is 0 Å². The van der Waals surface area contributed by atoms with Crippen LogP contribution in [0.3, 0.4) is 0 Å². The molecule has 34 heavy (non-hydrogen) atoms. The van der Waals surface area contributed by atoms with E-state index in [1.54, 1.807) is 0 Å². The molecule has 0 aliphatic heterocycles. The summed E-state index contributed by atoms with van der Waals surface area (Å²) >= 11 is 0. The molecule has 0 spiro atoms. The predicted octanol–water partition coefficient (Wildman–Crippen LogP) is 7.25. The number of nitrogen functional groups attached to an aromatic ring is 2. The Morgan fingerprint density at radius 1 is 0.765 bits per heavy atom. The first-order valence-corrected chi connectivity index (χ1v) is 11.8. The van der Waals surface area contributed by atoms with Crippen molar-refractivity contribution < 1.29 is 27.5 Å². The number of carbonyl (C=O) groups excluding carboxylic acids is 1. The van der Waals surface area contributed by atoms with E-state index in [1.807, 2.05) is 0 Å². The molecule has 0 bridgehead atoms. The van der Waals surface area contributed by atoms with Gasteiger partial charge in [0.05, 0.1) is 6.10 Å². The zero-order valence-corrected chi connectivity index (χ0v) is 20.0. The van der Waals surface area contributed by atoms with Crippen molar-refractivity contribution in [2.75, 3.05) is 11.5 Å². The summed E-state index contributed by atoms with van der Waals surface area (Å²) in [7, 11) is 0. The summed E-state index contributed by atoms with van der Waals surface area (Å²) < 4.78 is 52.6. The predicted molar refractivity (Wildman–Crippen MR) is 128 cm³/mol. The standard InChI is InChI=1S/C13H19F2NO.C13H17F2NO/c2*1-2-3-4-5-6-12(17)9-7-10(14)13(16)11(15)8-9/h7-8,12,17H,2-6,16H2,1H3;7-8H,2-6,16H2,1H3. The van der Waals surface area contributed by atoms with E-state index in [4.69, 9.17) is 11.5 Å². The van der Waals surface area contributed by atoms with Crippen molar-refractivity contribution in [1.82, 2.24) is 0 Å². The Morgan fingerprint density at radius 2 is 1.21 bits per heavy atom. The molecule has 5 N–H and O–H groups in total. The number of ketones is 1. The molecule has 4 nitrogen and oxygen atoms in total. The molecule has 2 rings (SSSR count). The third kappa shape index (κ3) is 9.71. The van der Waals surface area contributed by atoms with Gasteiger partial charge in [0.2, 0.25) is 0 Å². The highest BCUT2D eigenvalue weighted by Gasteiger charge is 2.14. The van der Waals surface area contributed by atoms with Gasteiger partial charge in [0.1, 0.15) is 34.6 Å². The lowest BCUT2D eigenvalue weighted by molar-refractivity contribution is 0.0978. The van der Waals surface area contributed by atoms with Gasteiger partial charge in [0.15, 0.2) is 5.78 Å². The lowest BCUT2D eigenvalue weighted by Crippen LogP contribution is -2.04. The molecule has 0 saturated carbocycles. The molecule has 0 aromatic heterocycles. The Kier molecular flexibility index (Phi) is 13.3. The monoisotopic (exact) mass is 484 g/mol. The van der Waals surface area contributed by atoms with Crippen LogP contribution >= 0.6 is 0 Å². The smallest absolute Gasteiger partial charge is 0.163 e. The first-order chi connectivity index (χ1) is 16.1. The van der Waals surface area contributed by atoms with Crippen LogP contribution in [0.1, 0.15) is 100 Å². The average molecular weight is 485 g/mol. The third-order valence-electron chi connectivity index (χ3n) is 5.48. The van der Waals surface area contributed by atoms with Gasteiger partial charge in [-0.25, -0.2) is 17.6 Å². The van der Waals surface area contributed by atoms with E-state index in [0.717, 1.165) is 75.6 Å². The van der Waals surface area contributed by atoms with Gasteiger partial charge in [0.25, 0.3) is 0 Å². The largest absolute Gasteiger partial charge is 0.394 e. The van der Waals surface area contributed by atoms with E-state index in [1.165, 1.54) is 0 Å². The Balaban J connectivity index is 0.000000340. The van der Waals surface area contributed by atoms with Crippen LogP contribution < -0.4 is 11.5 Å². The van der Waals surface area contributed by atoms with E-state index in [-0.39, 0.29) is 16.9 Å². The molecule has 2 aromatic carbocycles. The Hall–Kier alpha value is -2.61. The minimum atomic E-state index is -0.873. The topological polar surface area (TPSA) is 89.3 Å². The van der Waals surface area contributed by atoms with Gasteiger partial charge in [-0.3, -0.25) is 4.79 Å². The molecule has 2 aromatic rings. The summed E-state index contributed by atoms with van der Waals surface area (Å²) in [6.45, 7) is 4.17. The normalized spacial score (nSPS) is 11.6. The summed E-state index contributed by atoms with van der Waals surface area (Å²) in [5.74, 6) is -3.61. The number of aliphatic hydroxyl groups is 1. The van der Waals surface area contributed by atoms with E-state index >= 15 is 0 Å². The molecular formula is C26H36F4N2O2. The van der Waals surface area contributed by atoms with Gasteiger partial charge in [-0.2, -0.15) is 0 Å². The summed E-state index contributed by atoms with van der Waals surface area (Å²) in [6, 6.07) is 4.20. The number of halogens is 4. The molecule has 8 heteroatoms. The highest BCUT2D eigenvalue weighted by Crippen LogP contribution is 2.25. The number of rotatable bonds is 12. The summed E-state index contributed by atoms with van der Waals surface area (Å²) in [5, 5.41) is 9.79. The van der Waals surface area contributed by atoms with Gasteiger partial charge >= 0.3 is 0 Å². The van der Waals surface area contributed by atoms with Crippen LogP contribution in [0.25, 0.3) is 0 Å². The molecule has 0 amide bonds. The molecule has 190 valence electrons. The van der Waals surface area contributed by atoms with Crippen molar-refractivity contribution in [3.63, 3.8) is 0 Å². The summed E-state index contributed by atoms with van der Waals surface area (Å²) in [5.41, 5.74) is 9.58. The molecule has 0 aliphatic carbocycles. The number of anilines is 2. The number of hydrogen-bond donors (Lipinski definition) is 3. The van der Waals surface area contributed by atoms with Crippen molar-refractivity contribution >= 4 is 17.2 Å². The number of hydrogen-bond acceptors (Lipinski definition) is 4. The number of unbranched alkanes of at least 4 members (excludes halogenated alkanes) is 6. The second-order valence-electron chi connectivity index (χ2n) is 8.35. The zero-order chi connectivity index (χ0) is 25.7. The molecule has 1 unspecified atom stereocenters. The second-order valence-corrected chi connectivity index (χ2v) is 8.35.